The first-order valence-electron chi connectivity index (χ1n) is 4.71. The largest absolute Gasteiger partial charge is 0.261 e. The molecule has 0 aromatic carbocycles. The van der Waals surface area contributed by atoms with Gasteiger partial charge >= 0.3 is 0 Å². The highest BCUT2D eigenvalue weighted by Crippen LogP contribution is 2.03. The van der Waals surface area contributed by atoms with Crippen LogP contribution in [0.15, 0.2) is 24.4 Å². The van der Waals surface area contributed by atoms with Gasteiger partial charge in [0.25, 0.3) is 0 Å². The molecule has 0 aliphatic heterocycles. The first-order chi connectivity index (χ1) is 6.33. The number of rotatable bonds is 2. The number of hydrogen-bond donors (Lipinski definition) is 0. The molecule has 0 amide bonds. The summed E-state index contributed by atoms with van der Waals surface area (Å²) >= 11 is 0. The Morgan fingerprint density at radius 2 is 2.31 bits per heavy atom. The summed E-state index contributed by atoms with van der Waals surface area (Å²) in [6.07, 6.45) is 3.72. The summed E-state index contributed by atoms with van der Waals surface area (Å²) < 4.78 is 0. The fourth-order valence-electron chi connectivity index (χ4n) is 1.16. The fraction of sp³-hybridized carbons (Fsp3) is 0.417. The van der Waals surface area contributed by atoms with E-state index in [0.29, 0.717) is 5.92 Å². The van der Waals surface area contributed by atoms with E-state index in [1.807, 2.05) is 24.4 Å². The molecule has 0 aliphatic carbocycles. The minimum Gasteiger partial charge on any atom is -0.261 e. The second-order valence-corrected chi connectivity index (χ2v) is 3.10. The summed E-state index contributed by atoms with van der Waals surface area (Å²) in [6.45, 7) is 4.21. The second kappa shape index (κ2) is 5.37. The molecule has 0 bridgehead atoms. The lowest BCUT2D eigenvalue weighted by Gasteiger charge is -2.01. The molecule has 1 aromatic rings. The number of pyridine rings is 1. The topological polar surface area (TPSA) is 12.9 Å². The van der Waals surface area contributed by atoms with Gasteiger partial charge in [-0.25, -0.2) is 0 Å². The molecule has 0 saturated carbocycles. The van der Waals surface area contributed by atoms with Crippen LogP contribution in [0.2, 0.25) is 0 Å². The zero-order valence-electron chi connectivity index (χ0n) is 8.25. The Morgan fingerprint density at radius 3 is 2.92 bits per heavy atom. The summed E-state index contributed by atoms with van der Waals surface area (Å²) in [4.78, 5) is 4.26. The van der Waals surface area contributed by atoms with Crippen molar-refractivity contribution in [1.82, 2.24) is 4.98 Å². The van der Waals surface area contributed by atoms with E-state index >= 15 is 0 Å². The first-order valence-corrected chi connectivity index (χ1v) is 4.71. The van der Waals surface area contributed by atoms with Crippen molar-refractivity contribution in [3.63, 3.8) is 0 Å². The maximum atomic E-state index is 4.26. The summed E-state index contributed by atoms with van der Waals surface area (Å²) in [5.41, 5.74) is 1.13. The molecule has 1 aromatic heterocycles. The van der Waals surface area contributed by atoms with E-state index < -0.39 is 0 Å². The lowest BCUT2D eigenvalue weighted by molar-refractivity contribution is 0.730. The van der Waals surface area contributed by atoms with Gasteiger partial charge in [0, 0.05) is 30.7 Å². The third-order valence-corrected chi connectivity index (χ3v) is 1.77. The number of aromatic nitrogens is 1. The molecule has 68 valence electrons. The van der Waals surface area contributed by atoms with Crippen molar-refractivity contribution in [2.24, 2.45) is 5.92 Å². The van der Waals surface area contributed by atoms with Crippen molar-refractivity contribution in [2.45, 2.75) is 26.7 Å². The van der Waals surface area contributed by atoms with Crippen LogP contribution in [0.3, 0.4) is 0 Å². The molecular weight excluding hydrogens is 158 g/mol. The van der Waals surface area contributed by atoms with Crippen molar-refractivity contribution in [3.8, 4) is 11.8 Å². The van der Waals surface area contributed by atoms with Crippen LogP contribution < -0.4 is 0 Å². The minimum absolute atomic E-state index is 0.412. The van der Waals surface area contributed by atoms with Gasteiger partial charge < -0.3 is 0 Å². The van der Waals surface area contributed by atoms with Gasteiger partial charge in [-0.05, 0) is 12.1 Å². The van der Waals surface area contributed by atoms with Crippen LogP contribution >= 0.6 is 0 Å². The number of nitrogens with zero attached hydrogens (tertiary/aromatic N) is 1. The Morgan fingerprint density at radius 1 is 1.46 bits per heavy atom. The molecular formula is C12H15N. The highest BCUT2D eigenvalue weighted by molar-refractivity contribution is 5.09. The van der Waals surface area contributed by atoms with Gasteiger partial charge in [-0.2, -0.15) is 0 Å². The zero-order valence-corrected chi connectivity index (χ0v) is 8.25. The van der Waals surface area contributed by atoms with Gasteiger partial charge in [0.15, 0.2) is 0 Å². The van der Waals surface area contributed by atoms with Gasteiger partial charge in [0.05, 0.1) is 0 Å². The molecule has 1 heterocycles. The van der Waals surface area contributed by atoms with Crippen LogP contribution in [0.5, 0.6) is 0 Å². The Kier molecular flexibility index (Phi) is 4.05. The maximum Gasteiger partial charge on any atom is 0.0415 e. The molecule has 0 aliphatic rings. The van der Waals surface area contributed by atoms with Gasteiger partial charge in [0.1, 0.15) is 0 Å². The molecule has 1 heteroatoms. The standard InChI is InChI=1S/C12H15N/c1-3-4-7-11(2)10-12-8-5-6-9-13-12/h5-6,8-9,11H,3,10H2,1-2H3. The molecule has 0 N–H and O–H groups in total. The average Bonchev–Trinajstić information content (AvgIpc) is 2.16. The van der Waals surface area contributed by atoms with Gasteiger partial charge in [0.2, 0.25) is 0 Å². The Labute approximate surface area is 80.2 Å². The third kappa shape index (κ3) is 3.75. The smallest absolute Gasteiger partial charge is 0.0415 e. The van der Waals surface area contributed by atoms with Crippen LogP contribution in [0, 0.1) is 17.8 Å². The second-order valence-electron chi connectivity index (χ2n) is 3.10. The minimum atomic E-state index is 0.412. The molecule has 1 atom stereocenters. The van der Waals surface area contributed by atoms with E-state index in [9.17, 15) is 0 Å². The van der Waals surface area contributed by atoms with Crippen LogP contribution in [0.4, 0.5) is 0 Å². The summed E-state index contributed by atoms with van der Waals surface area (Å²) in [7, 11) is 0. The molecule has 0 spiro atoms. The van der Waals surface area contributed by atoms with Crippen LogP contribution in [0.1, 0.15) is 26.0 Å². The molecule has 1 rings (SSSR count). The molecule has 1 nitrogen and oxygen atoms in total. The highest BCUT2D eigenvalue weighted by atomic mass is 14.7. The van der Waals surface area contributed by atoms with E-state index in [4.69, 9.17) is 0 Å². The van der Waals surface area contributed by atoms with Crippen molar-refractivity contribution in [1.29, 1.82) is 0 Å². The van der Waals surface area contributed by atoms with Crippen LogP contribution in [0.25, 0.3) is 0 Å². The Balaban J connectivity index is 2.50. The zero-order chi connectivity index (χ0) is 9.52. The van der Waals surface area contributed by atoms with E-state index in [2.05, 4.69) is 30.7 Å². The predicted octanol–water partition coefficient (Wildman–Crippen LogP) is 2.67. The molecule has 1 unspecified atom stereocenters. The van der Waals surface area contributed by atoms with E-state index in [-0.39, 0.29) is 0 Å². The lowest BCUT2D eigenvalue weighted by Crippen LogP contribution is -1.98. The van der Waals surface area contributed by atoms with Gasteiger partial charge in [-0.15, -0.1) is 5.92 Å². The summed E-state index contributed by atoms with van der Waals surface area (Å²) in [5.74, 6) is 6.69. The molecule has 13 heavy (non-hydrogen) atoms. The third-order valence-electron chi connectivity index (χ3n) is 1.77. The van der Waals surface area contributed by atoms with Crippen molar-refractivity contribution in [2.75, 3.05) is 0 Å². The Hall–Kier alpha value is -1.29. The quantitative estimate of drug-likeness (QED) is 0.626. The van der Waals surface area contributed by atoms with Crippen molar-refractivity contribution < 1.29 is 0 Å². The monoisotopic (exact) mass is 173 g/mol. The van der Waals surface area contributed by atoms with E-state index in [1.165, 1.54) is 0 Å². The predicted molar refractivity (Wildman–Crippen MR) is 55.2 cm³/mol. The van der Waals surface area contributed by atoms with Crippen LogP contribution in [-0.4, -0.2) is 4.98 Å². The average molecular weight is 173 g/mol. The van der Waals surface area contributed by atoms with Gasteiger partial charge in [-0.3, -0.25) is 4.98 Å². The van der Waals surface area contributed by atoms with Crippen molar-refractivity contribution in [3.05, 3.63) is 30.1 Å². The summed E-state index contributed by atoms with van der Waals surface area (Å²) in [6, 6.07) is 6.00. The normalized spacial score (nSPS) is 11.5. The van der Waals surface area contributed by atoms with Crippen molar-refractivity contribution >= 4 is 0 Å². The molecule has 0 fully saturated rings. The fourth-order valence-corrected chi connectivity index (χ4v) is 1.16. The first kappa shape index (κ1) is 9.80. The SMILES string of the molecule is CCC#CC(C)Cc1ccccn1. The number of hydrogen-bond acceptors (Lipinski definition) is 1. The summed E-state index contributed by atoms with van der Waals surface area (Å²) in [5, 5.41) is 0. The molecule has 0 radical (unpaired) electrons. The highest BCUT2D eigenvalue weighted by Gasteiger charge is 1.99. The van der Waals surface area contributed by atoms with E-state index in [1.54, 1.807) is 0 Å². The van der Waals surface area contributed by atoms with Crippen LogP contribution in [-0.2, 0) is 6.42 Å². The Bertz CT molecular complexity index is 292. The van der Waals surface area contributed by atoms with Gasteiger partial charge in [-0.1, -0.05) is 25.8 Å². The lowest BCUT2D eigenvalue weighted by atomic mass is 10.1. The van der Waals surface area contributed by atoms with E-state index in [0.717, 1.165) is 18.5 Å². The molecule has 0 saturated heterocycles. The maximum absolute atomic E-state index is 4.26.